The molecule has 13 heteroatoms. The summed E-state index contributed by atoms with van der Waals surface area (Å²) in [5, 5.41) is 10.8. The Kier molecular flexibility index (Phi) is 15.8. The Morgan fingerprint density at radius 1 is 0.898 bits per heavy atom. The average molecular weight is 686 g/mol. The number of alkyl carbamates (subject to hydrolysis) is 1. The SMILES string of the molecule is COC(=O)[C@H](CC(C)C)NC(=O)[C@H](Cc1ccccc1)NC(=O)/C=C/[C@@H]1CCCN1C(=O)[C@@H](NC(=O)[C@H](C)NC(=O)OC(C)(C)C)C(C)C. The summed E-state index contributed by atoms with van der Waals surface area (Å²) in [6, 6.07) is 5.11. The summed E-state index contributed by atoms with van der Waals surface area (Å²) in [6.45, 7) is 14.6. The first-order valence-electron chi connectivity index (χ1n) is 16.9. The number of carbonyl (C=O) groups excluding carboxylic acids is 6. The van der Waals surface area contributed by atoms with Crippen LogP contribution in [0.1, 0.15) is 80.2 Å². The van der Waals surface area contributed by atoms with Gasteiger partial charge in [0.2, 0.25) is 23.6 Å². The van der Waals surface area contributed by atoms with Crippen molar-refractivity contribution in [3.8, 4) is 0 Å². The molecular formula is C36H55N5O8. The smallest absolute Gasteiger partial charge is 0.408 e. The summed E-state index contributed by atoms with van der Waals surface area (Å²) >= 11 is 0. The van der Waals surface area contributed by atoms with E-state index in [2.05, 4.69) is 21.3 Å². The summed E-state index contributed by atoms with van der Waals surface area (Å²) in [5.41, 5.74) is 0.0812. The maximum atomic E-state index is 13.7. The lowest BCUT2D eigenvalue weighted by atomic mass is 10.0. The van der Waals surface area contributed by atoms with E-state index in [1.165, 1.54) is 20.1 Å². The third kappa shape index (κ3) is 13.9. The summed E-state index contributed by atoms with van der Waals surface area (Å²) in [6.07, 6.45) is 4.05. The number of amides is 5. The van der Waals surface area contributed by atoms with Gasteiger partial charge in [0.1, 0.15) is 29.8 Å². The van der Waals surface area contributed by atoms with Crippen molar-refractivity contribution in [2.45, 2.75) is 117 Å². The molecule has 13 nitrogen and oxygen atoms in total. The number of methoxy groups -OCH3 is 1. The molecule has 1 aliphatic heterocycles. The Labute approximate surface area is 290 Å². The zero-order valence-electron chi connectivity index (χ0n) is 30.3. The van der Waals surface area contributed by atoms with Gasteiger partial charge in [-0.15, -0.1) is 0 Å². The van der Waals surface area contributed by atoms with Crippen molar-refractivity contribution in [3.63, 3.8) is 0 Å². The highest BCUT2D eigenvalue weighted by Gasteiger charge is 2.35. The molecule has 4 N–H and O–H groups in total. The standard InChI is InChI=1S/C36H55N5O8/c1-22(2)20-28(34(46)48-9)39-32(44)27(21-25-14-11-10-12-15-25)38-29(42)18-17-26-16-13-19-41(26)33(45)30(23(3)4)40-31(43)24(5)37-35(47)49-36(6,7)8/h10-12,14-15,17-18,22-24,26-28,30H,13,16,19-21H2,1-9H3,(H,37,47)(H,38,42)(H,39,44)(H,40,43)/b18-17+/t24-,26-,27-,28-,30-/m0/s1. The van der Waals surface area contributed by atoms with Gasteiger partial charge in [0.15, 0.2) is 0 Å². The Balaban J connectivity index is 2.15. The number of nitrogens with zero attached hydrogens (tertiary/aromatic N) is 1. The second-order valence-electron chi connectivity index (χ2n) is 14.2. The quantitative estimate of drug-likeness (QED) is 0.161. The molecule has 1 aliphatic rings. The maximum Gasteiger partial charge on any atom is 0.408 e. The highest BCUT2D eigenvalue weighted by molar-refractivity contribution is 5.95. The minimum absolute atomic E-state index is 0.104. The van der Waals surface area contributed by atoms with Crippen LogP contribution in [0.15, 0.2) is 42.5 Å². The van der Waals surface area contributed by atoms with Gasteiger partial charge in [-0.3, -0.25) is 19.2 Å². The molecule has 1 fully saturated rings. The van der Waals surface area contributed by atoms with Crippen LogP contribution in [-0.4, -0.2) is 90.1 Å². The number of ether oxygens (including phenoxy) is 2. The number of benzene rings is 1. The van der Waals surface area contributed by atoms with Crippen LogP contribution in [0.25, 0.3) is 0 Å². The van der Waals surface area contributed by atoms with Gasteiger partial charge in [-0.2, -0.15) is 0 Å². The fraction of sp³-hybridized carbons (Fsp3) is 0.611. The summed E-state index contributed by atoms with van der Waals surface area (Å²) in [4.78, 5) is 79.4. The van der Waals surface area contributed by atoms with Gasteiger partial charge >= 0.3 is 12.1 Å². The topological polar surface area (TPSA) is 172 Å². The molecule has 49 heavy (non-hydrogen) atoms. The van der Waals surface area contributed by atoms with Crippen molar-refractivity contribution in [1.29, 1.82) is 0 Å². The average Bonchev–Trinajstić information content (AvgIpc) is 3.49. The zero-order chi connectivity index (χ0) is 36.9. The molecule has 2 rings (SSSR count). The second kappa shape index (κ2) is 18.9. The van der Waals surface area contributed by atoms with Crippen LogP contribution < -0.4 is 21.3 Å². The number of likely N-dealkylation sites (tertiary alicyclic amines) is 1. The van der Waals surface area contributed by atoms with Crippen LogP contribution in [0.2, 0.25) is 0 Å². The fourth-order valence-corrected chi connectivity index (χ4v) is 5.36. The highest BCUT2D eigenvalue weighted by atomic mass is 16.6. The van der Waals surface area contributed by atoms with Gasteiger partial charge in [-0.05, 0) is 64.4 Å². The van der Waals surface area contributed by atoms with Crippen LogP contribution in [0, 0.1) is 11.8 Å². The molecule has 5 atom stereocenters. The molecule has 1 aromatic rings. The summed E-state index contributed by atoms with van der Waals surface area (Å²) < 4.78 is 10.1. The van der Waals surface area contributed by atoms with Crippen LogP contribution >= 0.6 is 0 Å². The van der Waals surface area contributed by atoms with E-state index >= 15 is 0 Å². The molecule has 0 saturated carbocycles. The molecule has 0 radical (unpaired) electrons. The molecule has 272 valence electrons. The largest absolute Gasteiger partial charge is 0.467 e. The first-order chi connectivity index (χ1) is 22.9. The Morgan fingerprint density at radius 3 is 2.12 bits per heavy atom. The van der Waals surface area contributed by atoms with Crippen molar-refractivity contribution < 1.29 is 38.2 Å². The predicted molar refractivity (Wildman–Crippen MR) is 185 cm³/mol. The first kappa shape index (κ1) is 40.8. The van der Waals surface area contributed by atoms with Gasteiger partial charge in [-0.1, -0.05) is 64.1 Å². The van der Waals surface area contributed by atoms with Crippen molar-refractivity contribution in [2.24, 2.45) is 11.8 Å². The minimum Gasteiger partial charge on any atom is -0.467 e. The third-order valence-electron chi connectivity index (χ3n) is 7.83. The van der Waals surface area contributed by atoms with E-state index < -0.39 is 65.6 Å². The van der Waals surface area contributed by atoms with Crippen molar-refractivity contribution in [2.75, 3.05) is 13.7 Å². The number of nitrogens with one attached hydrogen (secondary N) is 4. The van der Waals surface area contributed by atoms with Gasteiger partial charge in [0, 0.05) is 19.0 Å². The lowest BCUT2D eigenvalue weighted by Crippen LogP contribution is -2.56. The second-order valence-corrected chi connectivity index (χ2v) is 14.2. The lowest BCUT2D eigenvalue weighted by molar-refractivity contribution is -0.145. The molecule has 1 aromatic carbocycles. The van der Waals surface area contributed by atoms with Crippen LogP contribution in [0.4, 0.5) is 4.79 Å². The summed E-state index contributed by atoms with van der Waals surface area (Å²) in [7, 11) is 1.26. The lowest BCUT2D eigenvalue weighted by Gasteiger charge is -2.31. The highest BCUT2D eigenvalue weighted by Crippen LogP contribution is 2.21. The third-order valence-corrected chi connectivity index (χ3v) is 7.83. The molecule has 0 spiro atoms. The molecule has 1 heterocycles. The van der Waals surface area contributed by atoms with Gasteiger partial charge < -0.3 is 35.6 Å². The van der Waals surface area contributed by atoms with Crippen LogP contribution in [0.3, 0.4) is 0 Å². The molecule has 0 aliphatic carbocycles. The number of hydrogen-bond donors (Lipinski definition) is 4. The monoisotopic (exact) mass is 685 g/mol. The zero-order valence-corrected chi connectivity index (χ0v) is 30.3. The molecule has 5 amide bonds. The minimum atomic E-state index is -0.989. The molecule has 0 aromatic heterocycles. The molecule has 0 bridgehead atoms. The number of hydrogen-bond acceptors (Lipinski definition) is 8. The maximum absolute atomic E-state index is 13.7. The normalized spacial score (nSPS) is 17.2. The van der Waals surface area contributed by atoms with E-state index in [0.29, 0.717) is 25.8 Å². The van der Waals surface area contributed by atoms with E-state index in [-0.39, 0.29) is 24.2 Å². The number of carbonyl (C=O) groups is 6. The number of esters is 1. The van der Waals surface area contributed by atoms with E-state index in [1.54, 1.807) is 31.7 Å². The van der Waals surface area contributed by atoms with Gasteiger partial charge in [-0.25, -0.2) is 9.59 Å². The van der Waals surface area contributed by atoms with E-state index in [9.17, 15) is 28.8 Å². The molecule has 0 unspecified atom stereocenters. The summed E-state index contributed by atoms with van der Waals surface area (Å²) in [5.74, 6) is -2.62. The van der Waals surface area contributed by atoms with Crippen LogP contribution in [0.5, 0.6) is 0 Å². The first-order valence-corrected chi connectivity index (χ1v) is 16.9. The van der Waals surface area contributed by atoms with Crippen LogP contribution in [-0.2, 0) is 39.9 Å². The Morgan fingerprint density at radius 2 is 1.55 bits per heavy atom. The van der Waals surface area contributed by atoms with Gasteiger partial charge in [0.05, 0.1) is 13.2 Å². The van der Waals surface area contributed by atoms with E-state index in [1.807, 2.05) is 58.0 Å². The van der Waals surface area contributed by atoms with Gasteiger partial charge in [0.25, 0.3) is 0 Å². The van der Waals surface area contributed by atoms with Crippen molar-refractivity contribution in [3.05, 3.63) is 48.0 Å². The van der Waals surface area contributed by atoms with Crippen molar-refractivity contribution in [1.82, 2.24) is 26.2 Å². The van der Waals surface area contributed by atoms with E-state index in [0.717, 1.165) is 5.56 Å². The van der Waals surface area contributed by atoms with E-state index in [4.69, 9.17) is 9.47 Å². The Hall–Kier alpha value is -4.42. The Bertz CT molecular complexity index is 1320. The molecule has 1 saturated heterocycles. The predicted octanol–water partition coefficient (Wildman–Crippen LogP) is 3.02. The number of rotatable bonds is 15. The fourth-order valence-electron chi connectivity index (χ4n) is 5.36. The van der Waals surface area contributed by atoms with Crippen molar-refractivity contribution >= 4 is 35.7 Å². The molecular weight excluding hydrogens is 630 g/mol.